The number of pyridine rings is 1. The van der Waals surface area contributed by atoms with Crippen molar-refractivity contribution in [3.63, 3.8) is 0 Å². The van der Waals surface area contributed by atoms with Gasteiger partial charge in [-0.25, -0.2) is 0 Å². The lowest BCUT2D eigenvalue weighted by Crippen LogP contribution is -2.18. The summed E-state index contributed by atoms with van der Waals surface area (Å²) < 4.78 is 0.362. The summed E-state index contributed by atoms with van der Waals surface area (Å²) in [5, 5.41) is 14.0. The van der Waals surface area contributed by atoms with Crippen molar-refractivity contribution in [2.45, 2.75) is 31.4 Å². The third-order valence-electron chi connectivity index (χ3n) is 4.25. The van der Waals surface area contributed by atoms with Gasteiger partial charge in [-0.2, -0.15) is 17.0 Å². The Balaban J connectivity index is 2.07. The summed E-state index contributed by atoms with van der Waals surface area (Å²) in [5.41, 5.74) is 4.91. The van der Waals surface area contributed by atoms with Crippen LogP contribution in [0.1, 0.15) is 29.5 Å². The van der Waals surface area contributed by atoms with Crippen LogP contribution in [0.5, 0.6) is 0 Å². The lowest BCUT2D eigenvalue weighted by molar-refractivity contribution is 0.950. The molecule has 0 aliphatic heterocycles. The maximum Gasteiger partial charge on any atom is 0.103 e. The van der Waals surface area contributed by atoms with Gasteiger partial charge in [0.15, 0.2) is 0 Å². The molecule has 0 amide bonds. The second-order valence-electron chi connectivity index (χ2n) is 5.88. The number of nitrogens with zero attached hydrogens (tertiary/aromatic N) is 2. The van der Waals surface area contributed by atoms with Gasteiger partial charge in [0.2, 0.25) is 0 Å². The largest absolute Gasteiger partial charge is 0.382 e. The van der Waals surface area contributed by atoms with Gasteiger partial charge < -0.3 is 5.32 Å². The molecule has 1 aliphatic carbocycles. The molecule has 1 aromatic heterocycles. The van der Waals surface area contributed by atoms with Crippen LogP contribution in [0.25, 0.3) is 10.9 Å². The van der Waals surface area contributed by atoms with Gasteiger partial charge in [-0.1, -0.05) is 11.6 Å². The van der Waals surface area contributed by atoms with Gasteiger partial charge in [0.25, 0.3) is 0 Å². The van der Waals surface area contributed by atoms with Gasteiger partial charge in [-0.05, 0) is 44.6 Å². The van der Waals surface area contributed by atoms with Crippen LogP contribution in [0.4, 0.5) is 5.69 Å². The minimum atomic E-state index is 0.362. The lowest BCUT2D eigenvalue weighted by Gasteiger charge is -2.17. The molecule has 0 atom stereocenters. The second kappa shape index (κ2) is 5.23. The van der Waals surface area contributed by atoms with Crippen molar-refractivity contribution < 1.29 is 0 Å². The van der Waals surface area contributed by atoms with Crippen LogP contribution >= 0.6 is 11.8 Å². The van der Waals surface area contributed by atoms with Gasteiger partial charge in [0, 0.05) is 22.9 Å². The molecule has 1 saturated carbocycles. The van der Waals surface area contributed by atoms with E-state index in [2.05, 4.69) is 48.6 Å². The topological polar surface area (TPSA) is 48.7 Å². The zero-order valence-corrected chi connectivity index (χ0v) is 13.5. The van der Waals surface area contributed by atoms with Gasteiger partial charge in [-0.15, -0.1) is 0 Å². The smallest absolute Gasteiger partial charge is 0.103 e. The summed E-state index contributed by atoms with van der Waals surface area (Å²) in [6.45, 7) is 5.07. The first-order valence-electron chi connectivity index (χ1n) is 7.18. The van der Waals surface area contributed by atoms with Crippen molar-refractivity contribution in [1.29, 1.82) is 5.26 Å². The summed E-state index contributed by atoms with van der Waals surface area (Å²) in [6.07, 6.45) is 6.36. The molecular formula is C17H19N3S. The molecule has 1 fully saturated rings. The highest BCUT2D eigenvalue weighted by atomic mass is 32.2. The predicted octanol–water partition coefficient (Wildman–Crippen LogP) is 4.03. The molecule has 1 aromatic carbocycles. The van der Waals surface area contributed by atoms with Crippen LogP contribution < -0.4 is 5.32 Å². The molecule has 0 radical (unpaired) electrons. The highest BCUT2D eigenvalue weighted by molar-refractivity contribution is 8.00. The van der Waals surface area contributed by atoms with Gasteiger partial charge in [0.05, 0.1) is 16.8 Å². The summed E-state index contributed by atoms with van der Waals surface area (Å²) in [6, 6.07) is 6.53. The molecule has 3 nitrogen and oxygen atoms in total. The third-order valence-corrected chi connectivity index (χ3v) is 5.67. The first-order chi connectivity index (χ1) is 10.1. The summed E-state index contributed by atoms with van der Waals surface area (Å²) in [4.78, 5) is 4.47. The van der Waals surface area contributed by atoms with E-state index >= 15 is 0 Å². The fourth-order valence-corrected chi connectivity index (χ4v) is 3.50. The van der Waals surface area contributed by atoms with E-state index in [-0.39, 0.29) is 0 Å². The fraction of sp³-hybridized carbons (Fsp3) is 0.412. The summed E-state index contributed by atoms with van der Waals surface area (Å²) in [5.74, 6) is 0. The Bertz CT molecular complexity index is 742. The van der Waals surface area contributed by atoms with Crippen molar-refractivity contribution in [3.05, 3.63) is 35.0 Å². The zero-order chi connectivity index (χ0) is 15.0. The van der Waals surface area contributed by atoms with Crippen LogP contribution in [-0.4, -0.2) is 22.5 Å². The molecule has 108 valence electrons. The Morgan fingerprint density at radius 1 is 1.38 bits per heavy atom. The Labute approximate surface area is 129 Å². The minimum absolute atomic E-state index is 0.362. The zero-order valence-electron chi connectivity index (χ0n) is 12.7. The lowest BCUT2D eigenvalue weighted by atomic mass is 10.0. The van der Waals surface area contributed by atoms with Crippen molar-refractivity contribution in [3.8, 4) is 6.07 Å². The average Bonchev–Trinajstić information content (AvgIpc) is 3.25. The Morgan fingerprint density at radius 3 is 2.76 bits per heavy atom. The number of aromatic nitrogens is 1. The number of hydrogen-bond donors (Lipinski definition) is 1. The number of rotatable bonds is 4. The monoisotopic (exact) mass is 297 g/mol. The van der Waals surface area contributed by atoms with Gasteiger partial charge in [-0.3, -0.25) is 4.98 Å². The fourth-order valence-electron chi connectivity index (χ4n) is 2.78. The van der Waals surface area contributed by atoms with Crippen molar-refractivity contribution in [2.75, 3.05) is 18.1 Å². The highest BCUT2D eigenvalue weighted by Gasteiger charge is 2.41. The van der Waals surface area contributed by atoms with Gasteiger partial charge >= 0.3 is 0 Å². The third kappa shape index (κ3) is 2.58. The molecule has 21 heavy (non-hydrogen) atoms. The minimum Gasteiger partial charge on any atom is -0.382 e. The van der Waals surface area contributed by atoms with Crippen molar-refractivity contribution in [2.24, 2.45) is 0 Å². The van der Waals surface area contributed by atoms with Crippen LogP contribution in [0.3, 0.4) is 0 Å². The maximum absolute atomic E-state index is 9.38. The summed E-state index contributed by atoms with van der Waals surface area (Å²) >= 11 is 1.92. The Hall–Kier alpha value is -1.73. The number of nitrogens with one attached hydrogen (secondary N) is 1. The predicted molar refractivity (Wildman–Crippen MR) is 89.9 cm³/mol. The van der Waals surface area contributed by atoms with Crippen molar-refractivity contribution >= 4 is 28.4 Å². The molecule has 0 unspecified atom stereocenters. The van der Waals surface area contributed by atoms with Crippen LogP contribution in [0.15, 0.2) is 18.3 Å². The number of anilines is 1. The Morgan fingerprint density at radius 2 is 2.14 bits per heavy atom. The van der Waals surface area contributed by atoms with E-state index in [0.717, 1.165) is 28.7 Å². The van der Waals surface area contributed by atoms with E-state index in [4.69, 9.17) is 0 Å². The van der Waals surface area contributed by atoms with Crippen LogP contribution in [-0.2, 0) is 0 Å². The summed E-state index contributed by atoms with van der Waals surface area (Å²) in [7, 11) is 0. The molecule has 1 aliphatic rings. The number of aryl methyl sites for hydroxylation is 2. The number of fused-ring (bicyclic) bond motifs is 1. The maximum atomic E-state index is 9.38. The standard InChI is InChI=1S/C17H19N3S/c1-11-6-12(2)15-14(7-11)16(13(8-18)9-19-15)20-10-17(21-3)4-5-17/h6-7,9H,4-5,10H2,1-3H3,(H,19,20). The molecule has 2 aromatic rings. The van der Waals surface area contributed by atoms with Gasteiger partial charge in [0.1, 0.15) is 6.07 Å². The van der Waals surface area contributed by atoms with E-state index in [9.17, 15) is 5.26 Å². The SMILES string of the molecule is CSC1(CNc2c(C#N)cnc3c(C)cc(C)cc23)CC1. The molecule has 1 heterocycles. The van der Waals surface area contributed by atoms with E-state index in [1.165, 1.54) is 18.4 Å². The van der Waals surface area contributed by atoms with E-state index in [0.29, 0.717) is 10.3 Å². The van der Waals surface area contributed by atoms with Crippen molar-refractivity contribution in [1.82, 2.24) is 4.98 Å². The first-order valence-corrected chi connectivity index (χ1v) is 8.40. The molecule has 4 heteroatoms. The second-order valence-corrected chi connectivity index (χ2v) is 7.15. The number of hydrogen-bond acceptors (Lipinski definition) is 4. The number of benzene rings is 1. The molecule has 1 N–H and O–H groups in total. The normalized spacial score (nSPS) is 15.7. The molecule has 0 saturated heterocycles. The highest BCUT2D eigenvalue weighted by Crippen LogP contribution is 2.47. The van der Waals surface area contributed by atoms with Crippen LogP contribution in [0, 0.1) is 25.2 Å². The number of nitriles is 1. The molecular weight excluding hydrogens is 278 g/mol. The van der Waals surface area contributed by atoms with E-state index in [1.807, 2.05) is 11.8 Å². The first kappa shape index (κ1) is 14.2. The average molecular weight is 297 g/mol. The molecule has 0 bridgehead atoms. The van der Waals surface area contributed by atoms with E-state index in [1.54, 1.807) is 6.20 Å². The van der Waals surface area contributed by atoms with Crippen LogP contribution in [0.2, 0.25) is 0 Å². The Kier molecular flexibility index (Phi) is 3.54. The molecule has 0 spiro atoms. The quantitative estimate of drug-likeness (QED) is 0.925. The van der Waals surface area contributed by atoms with E-state index < -0.39 is 0 Å². The number of thioether (sulfide) groups is 1. The molecule has 3 rings (SSSR count).